The van der Waals surface area contributed by atoms with Crippen LogP contribution in [0.3, 0.4) is 0 Å². The van der Waals surface area contributed by atoms with Crippen LogP contribution >= 0.6 is 11.8 Å². The molecule has 1 heterocycles. The van der Waals surface area contributed by atoms with Gasteiger partial charge in [-0.25, -0.2) is 0 Å². The van der Waals surface area contributed by atoms with Crippen LogP contribution in [-0.4, -0.2) is 46.7 Å². The number of carbonyl (C=O) groups is 1. The van der Waals surface area contributed by atoms with Gasteiger partial charge in [0.05, 0.1) is 12.1 Å². The number of rotatable bonds is 4. The Bertz CT molecular complexity index is 286. The summed E-state index contributed by atoms with van der Waals surface area (Å²) < 4.78 is 0. The monoisotopic (exact) mass is 272 g/mol. The van der Waals surface area contributed by atoms with E-state index in [4.69, 9.17) is 0 Å². The molecule has 104 valence electrons. The Morgan fingerprint density at radius 1 is 1.44 bits per heavy atom. The lowest BCUT2D eigenvalue weighted by Gasteiger charge is -2.30. The van der Waals surface area contributed by atoms with Crippen molar-refractivity contribution in [3.05, 3.63) is 0 Å². The molecule has 0 aromatic carbocycles. The van der Waals surface area contributed by atoms with E-state index in [1.165, 1.54) is 12.8 Å². The molecular weight excluding hydrogens is 248 g/mol. The molecule has 0 spiro atoms. The Morgan fingerprint density at radius 2 is 2.28 bits per heavy atom. The summed E-state index contributed by atoms with van der Waals surface area (Å²) in [5.41, 5.74) is 0. The van der Waals surface area contributed by atoms with Crippen LogP contribution in [-0.2, 0) is 4.79 Å². The molecule has 3 N–H and O–H groups in total. The van der Waals surface area contributed by atoms with Crippen molar-refractivity contribution in [3.63, 3.8) is 0 Å². The summed E-state index contributed by atoms with van der Waals surface area (Å²) in [5.74, 6) is 1.22. The van der Waals surface area contributed by atoms with E-state index in [1.54, 1.807) is 0 Å². The molecule has 0 aromatic heterocycles. The van der Waals surface area contributed by atoms with E-state index in [0.29, 0.717) is 24.3 Å². The smallest absolute Gasteiger partial charge is 0.237 e. The molecule has 1 aliphatic heterocycles. The quantitative estimate of drug-likeness (QED) is 0.711. The van der Waals surface area contributed by atoms with Crippen LogP contribution in [0, 0.1) is 0 Å². The summed E-state index contributed by atoms with van der Waals surface area (Å²) in [4.78, 5) is 12.0. The van der Waals surface area contributed by atoms with E-state index in [1.807, 2.05) is 11.8 Å². The first-order valence-corrected chi connectivity index (χ1v) is 8.07. The number of aliphatic hydroxyl groups excluding tert-OH is 1. The van der Waals surface area contributed by atoms with Gasteiger partial charge in [-0.1, -0.05) is 13.3 Å². The van der Waals surface area contributed by atoms with Crippen molar-refractivity contribution in [2.24, 2.45) is 0 Å². The lowest BCUT2D eigenvalue weighted by atomic mass is 9.94. The molecule has 0 bridgehead atoms. The van der Waals surface area contributed by atoms with Crippen LogP contribution < -0.4 is 10.6 Å². The third-order valence-corrected chi connectivity index (χ3v) is 5.03. The molecule has 0 radical (unpaired) electrons. The topological polar surface area (TPSA) is 61.4 Å². The third-order valence-electron chi connectivity index (χ3n) is 3.80. The zero-order valence-corrected chi connectivity index (χ0v) is 11.8. The first-order chi connectivity index (χ1) is 8.69. The Labute approximate surface area is 113 Å². The molecule has 0 aromatic rings. The highest BCUT2D eigenvalue weighted by Gasteiger charge is 2.30. The van der Waals surface area contributed by atoms with Crippen molar-refractivity contribution in [2.75, 3.05) is 12.3 Å². The Kier molecular flexibility index (Phi) is 5.33. The highest BCUT2D eigenvalue weighted by atomic mass is 32.2. The fraction of sp³-hybridized carbons (Fsp3) is 0.923. The van der Waals surface area contributed by atoms with E-state index in [9.17, 15) is 9.90 Å². The van der Waals surface area contributed by atoms with Gasteiger partial charge in [-0.05, 0) is 31.4 Å². The van der Waals surface area contributed by atoms with E-state index < -0.39 is 0 Å². The number of hydrogen-bond acceptors (Lipinski definition) is 4. The number of nitrogens with one attached hydrogen (secondary N) is 2. The molecule has 1 saturated heterocycles. The minimum Gasteiger partial charge on any atom is -0.392 e. The lowest BCUT2D eigenvalue weighted by Crippen LogP contribution is -2.47. The van der Waals surface area contributed by atoms with Crippen LogP contribution in [0.2, 0.25) is 0 Å². The van der Waals surface area contributed by atoms with Crippen molar-refractivity contribution in [1.82, 2.24) is 10.6 Å². The summed E-state index contributed by atoms with van der Waals surface area (Å²) in [6.07, 6.45) is 4.87. The molecule has 2 fully saturated rings. The maximum atomic E-state index is 12.0. The molecule has 1 amide bonds. The van der Waals surface area contributed by atoms with Crippen LogP contribution in [0.1, 0.15) is 39.0 Å². The second kappa shape index (κ2) is 6.78. The van der Waals surface area contributed by atoms with Crippen LogP contribution in [0.15, 0.2) is 0 Å². The molecule has 5 heteroatoms. The van der Waals surface area contributed by atoms with Crippen LogP contribution in [0.5, 0.6) is 0 Å². The first kappa shape index (κ1) is 14.2. The summed E-state index contributed by atoms with van der Waals surface area (Å²) in [7, 11) is 0. The van der Waals surface area contributed by atoms with Crippen molar-refractivity contribution < 1.29 is 9.90 Å². The van der Waals surface area contributed by atoms with Gasteiger partial charge in [0.2, 0.25) is 5.91 Å². The van der Waals surface area contributed by atoms with E-state index in [0.717, 1.165) is 18.6 Å². The fourth-order valence-electron chi connectivity index (χ4n) is 2.88. The zero-order valence-electron chi connectivity index (χ0n) is 11.0. The average molecular weight is 272 g/mol. The number of thioether (sulfide) groups is 1. The maximum absolute atomic E-state index is 12.0. The van der Waals surface area contributed by atoms with Gasteiger partial charge in [-0.2, -0.15) is 11.8 Å². The molecule has 2 aliphatic rings. The number of hydrogen-bond donors (Lipinski definition) is 3. The molecule has 1 aliphatic carbocycles. The Morgan fingerprint density at radius 3 is 2.94 bits per heavy atom. The fourth-order valence-corrected chi connectivity index (χ4v) is 4.05. The predicted molar refractivity (Wildman–Crippen MR) is 74.7 cm³/mol. The average Bonchev–Trinajstić information content (AvgIpc) is 2.77. The number of amides is 1. The van der Waals surface area contributed by atoms with Gasteiger partial charge in [-0.15, -0.1) is 0 Å². The summed E-state index contributed by atoms with van der Waals surface area (Å²) in [5, 5.41) is 16.3. The molecule has 4 nitrogen and oxygen atoms in total. The highest BCUT2D eigenvalue weighted by molar-refractivity contribution is 7.99. The number of aliphatic hydroxyl groups is 1. The standard InChI is InChI=1S/C13H24N2O2S/c1-2-18-11-5-3-4-9(6-11)15-13(17)12-7-10(16)8-14-12/h9-12,14,16H,2-8H2,1H3,(H,15,17). The lowest BCUT2D eigenvalue weighted by molar-refractivity contribution is -0.123. The van der Waals surface area contributed by atoms with Gasteiger partial charge in [0, 0.05) is 17.8 Å². The zero-order chi connectivity index (χ0) is 13.0. The molecule has 2 rings (SSSR count). The number of β-amino-alcohol motifs (C(OH)–C–C–N with tert-alkyl or cyclic N) is 1. The summed E-state index contributed by atoms with van der Waals surface area (Å²) in [6, 6.07) is 0.133. The van der Waals surface area contributed by atoms with Crippen LogP contribution in [0.25, 0.3) is 0 Å². The van der Waals surface area contributed by atoms with Crippen molar-refractivity contribution in [2.45, 2.75) is 62.5 Å². The molecular formula is C13H24N2O2S. The van der Waals surface area contributed by atoms with Gasteiger partial charge >= 0.3 is 0 Å². The van der Waals surface area contributed by atoms with Crippen molar-refractivity contribution in [3.8, 4) is 0 Å². The van der Waals surface area contributed by atoms with Gasteiger partial charge in [0.15, 0.2) is 0 Å². The van der Waals surface area contributed by atoms with Crippen LogP contribution in [0.4, 0.5) is 0 Å². The molecule has 18 heavy (non-hydrogen) atoms. The van der Waals surface area contributed by atoms with Gasteiger partial charge in [-0.3, -0.25) is 4.79 Å². The minimum atomic E-state index is -0.365. The van der Waals surface area contributed by atoms with E-state index >= 15 is 0 Å². The SMILES string of the molecule is CCSC1CCCC(NC(=O)C2CC(O)CN2)C1. The predicted octanol–water partition coefficient (Wildman–Crippen LogP) is 0.890. The van der Waals surface area contributed by atoms with Gasteiger partial charge < -0.3 is 15.7 Å². The Hall–Kier alpha value is -0.260. The van der Waals surface area contributed by atoms with Crippen molar-refractivity contribution in [1.29, 1.82) is 0 Å². The summed E-state index contributed by atoms with van der Waals surface area (Å²) in [6.45, 7) is 2.73. The normalized spacial score (nSPS) is 36.6. The van der Waals surface area contributed by atoms with Crippen molar-refractivity contribution >= 4 is 17.7 Å². The Balaban J connectivity index is 1.76. The van der Waals surface area contributed by atoms with E-state index in [2.05, 4.69) is 17.6 Å². The second-order valence-electron chi connectivity index (χ2n) is 5.30. The maximum Gasteiger partial charge on any atom is 0.237 e. The third kappa shape index (κ3) is 3.87. The highest BCUT2D eigenvalue weighted by Crippen LogP contribution is 2.28. The minimum absolute atomic E-state index is 0.0682. The number of carbonyl (C=O) groups excluding carboxylic acids is 1. The first-order valence-electron chi connectivity index (χ1n) is 7.02. The second-order valence-corrected chi connectivity index (χ2v) is 6.88. The largest absolute Gasteiger partial charge is 0.392 e. The molecule has 4 unspecified atom stereocenters. The summed E-state index contributed by atoms with van der Waals surface area (Å²) >= 11 is 2.01. The molecule has 1 saturated carbocycles. The van der Waals surface area contributed by atoms with E-state index in [-0.39, 0.29) is 18.1 Å². The molecule has 4 atom stereocenters. The van der Waals surface area contributed by atoms with Gasteiger partial charge in [0.1, 0.15) is 0 Å². The van der Waals surface area contributed by atoms with Gasteiger partial charge in [0.25, 0.3) is 0 Å².